The first-order valence-corrected chi connectivity index (χ1v) is 7.72. The number of ether oxygens (including phenoxy) is 1. The van der Waals surface area contributed by atoms with Crippen LogP contribution in [0.5, 0.6) is 5.75 Å². The van der Waals surface area contributed by atoms with E-state index in [2.05, 4.69) is 18.7 Å². The van der Waals surface area contributed by atoms with E-state index in [0.29, 0.717) is 17.5 Å². The first-order valence-electron chi connectivity index (χ1n) is 7.35. The Labute approximate surface area is 127 Å². The summed E-state index contributed by atoms with van der Waals surface area (Å²) in [6.45, 7) is 8.17. The molecule has 1 aromatic carbocycles. The van der Waals surface area contributed by atoms with E-state index in [9.17, 15) is 0 Å². The number of hydrogen-bond donors (Lipinski definition) is 1. The number of rotatable bonds is 5. The van der Waals surface area contributed by atoms with Crippen molar-refractivity contribution in [3.8, 4) is 5.75 Å². The minimum Gasteiger partial charge on any atom is -0.492 e. The Kier molecular flexibility index (Phi) is 5.30. The number of benzene rings is 1. The molecule has 4 heteroatoms. The molecule has 0 aromatic heterocycles. The fourth-order valence-corrected chi connectivity index (χ4v) is 2.93. The first kappa shape index (κ1) is 15.6. The highest BCUT2D eigenvalue weighted by molar-refractivity contribution is 6.30. The average Bonchev–Trinajstić information content (AvgIpc) is 2.38. The Balaban J connectivity index is 1.69. The van der Waals surface area contributed by atoms with Gasteiger partial charge in [-0.1, -0.05) is 17.7 Å². The molecule has 2 rings (SSSR count). The van der Waals surface area contributed by atoms with Crippen LogP contribution in [0.1, 0.15) is 26.7 Å². The van der Waals surface area contributed by atoms with E-state index in [4.69, 9.17) is 22.1 Å². The number of piperidine rings is 1. The lowest BCUT2D eigenvalue weighted by Gasteiger charge is -2.38. The molecular weight excluding hydrogens is 272 g/mol. The lowest BCUT2D eigenvalue weighted by molar-refractivity contribution is 0.126. The quantitative estimate of drug-likeness (QED) is 0.907. The molecule has 0 unspecified atom stereocenters. The van der Waals surface area contributed by atoms with Crippen LogP contribution in [-0.2, 0) is 0 Å². The average molecular weight is 297 g/mol. The van der Waals surface area contributed by atoms with Crippen molar-refractivity contribution >= 4 is 11.6 Å². The summed E-state index contributed by atoms with van der Waals surface area (Å²) in [7, 11) is 0. The maximum absolute atomic E-state index is 6.19. The van der Waals surface area contributed by atoms with Crippen LogP contribution in [0.25, 0.3) is 0 Å². The molecule has 0 atom stereocenters. The van der Waals surface area contributed by atoms with Crippen LogP contribution < -0.4 is 10.5 Å². The van der Waals surface area contributed by atoms with Gasteiger partial charge in [-0.3, -0.25) is 4.90 Å². The number of likely N-dealkylation sites (tertiary alicyclic amines) is 1. The summed E-state index contributed by atoms with van der Waals surface area (Å²) in [6, 6.07) is 7.56. The molecule has 0 amide bonds. The third-order valence-electron chi connectivity index (χ3n) is 4.11. The summed E-state index contributed by atoms with van der Waals surface area (Å²) < 4.78 is 5.73. The number of halogens is 1. The van der Waals surface area contributed by atoms with Gasteiger partial charge in [0.05, 0.1) is 0 Å². The van der Waals surface area contributed by atoms with E-state index in [0.717, 1.165) is 25.4 Å². The lowest BCUT2D eigenvalue weighted by Crippen LogP contribution is -2.47. The van der Waals surface area contributed by atoms with Gasteiger partial charge in [-0.2, -0.15) is 0 Å². The Morgan fingerprint density at radius 1 is 1.35 bits per heavy atom. The molecule has 1 aliphatic heterocycles. The molecule has 1 saturated heterocycles. The Bertz CT molecular complexity index is 423. The van der Waals surface area contributed by atoms with Crippen molar-refractivity contribution in [3.63, 3.8) is 0 Å². The van der Waals surface area contributed by atoms with Crippen molar-refractivity contribution in [1.29, 1.82) is 0 Å². The zero-order chi connectivity index (χ0) is 14.6. The van der Waals surface area contributed by atoms with Crippen LogP contribution in [0.2, 0.25) is 5.02 Å². The topological polar surface area (TPSA) is 38.5 Å². The van der Waals surface area contributed by atoms with Crippen molar-refractivity contribution in [3.05, 3.63) is 29.3 Å². The van der Waals surface area contributed by atoms with E-state index in [1.54, 1.807) is 0 Å². The van der Waals surface area contributed by atoms with Gasteiger partial charge in [0.15, 0.2) is 0 Å². The predicted octanol–water partition coefficient (Wildman–Crippen LogP) is 3.17. The van der Waals surface area contributed by atoms with E-state index in [1.165, 1.54) is 12.8 Å². The summed E-state index contributed by atoms with van der Waals surface area (Å²) in [4.78, 5) is 2.45. The Morgan fingerprint density at radius 2 is 2.05 bits per heavy atom. The van der Waals surface area contributed by atoms with Crippen LogP contribution in [-0.4, -0.2) is 36.7 Å². The van der Waals surface area contributed by atoms with E-state index in [-0.39, 0.29) is 5.54 Å². The maximum atomic E-state index is 6.19. The minimum absolute atomic E-state index is 0.0522. The van der Waals surface area contributed by atoms with Gasteiger partial charge in [-0.15, -0.1) is 0 Å². The highest BCUT2D eigenvalue weighted by atomic mass is 35.5. The summed E-state index contributed by atoms with van der Waals surface area (Å²) in [5, 5.41) is 0.716. The van der Waals surface area contributed by atoms with E-state index < -0.39 is 0 Å². The van der Waals surface area contributed by atoms with Gasteiger partial charge in [-0.05, 0) is 63.9 Å². The zero-order valence-corrected chi connectivity index (χ0v) is 13.2. The summed E-state index contributed by atoms with van der Waals surface area (Å²) in [5.74, 6) is 1.48. The minimum atomic E-state index is -0.0522. The predicted molar refractivity (Wildman–Crippen MR) is 84.4 cm³/mol. The third-order valence-corrected chi connectivity index (χ3v) is 4.35. The lowest BCUT2D eigenvalue weighted by atomic mass is 9.81. The molecule has 0 bridgehead atoms. The standard InChI is InChI=1S/C16H25ClN2O/c1-16(2,18)13-6-8-19(9-7-13)10-11-20-15-5-3-4-14(17)12-15/h3-5,12-13H,6-11,18H2,1-2H3. The molecule has 0 spiro atoms. The van der Waals surface area contributed by atoms with Gasteiger partial charge < -0.3 is 10.5 Å². The second-order valence-corrected chi connectivity index (χ2v) is 6.68. The Hall–Kier alpha value is -0.770. The van der Waals surface area contributed by atoms with Gasteiger partial charge in [0.25, 0.3) is 0 Å². The first-order chi connectivity index (χ1) is 9.45. The Morgan fingerprint density at radius 3 is 2.65 bits per heavy atom. The van der Waals surface area contributed by atoms with Crippen molar-refractivity contribution in [2.75, 3.05) is 26.2 Å². The summed E-state index contributed by atoms with van der Waals surface area (Å²) in [5.41, 5.74) is 6.14. The van der Waals surface area contributed by atoms with E-state index in [1.807, 2.05) is 24.3 Å². The van der Waals surface area contributed by atoms with Crippen molar-refractivity contribution in [1.82, 2.24) is 4.90 Å². The molecule has 20 heavy (non-hydrogen) atoms. The molecule has 112 valence electrons. The highest BCUT2D eigenvalue weighted by Crippen LogP contribution is 2.26. The summed E-state index contributed by atoms with van der Waals surface area (Å²) >= 11 is 5.93. The zero-order valence-electron chi connectivity index (χ0n) is 12.4. The fraction of sp³-hybridized carbons (Fsp3) is 0.625. The van der Waals surface area contributed by atoms with Crippen molar-refractivity contribution < 1.29 is 4.74 Å². The monoisotopic (exact) mass is 296 g/mol. The number of nitrogens with two attached hydrogens (primary N) is 1. The second-order valence-electron chi connectivity index (χ2n) is 6.24. The molecule has 0 saturated carbocycles. The van der Waals surface area contributed by atoms with Crippen LogP contribution in [0.3, 0.4) is 0 Å². The van der Waals surface area contributed by atoms with E-state index >= 15 is 0 Å². The number of nitrogens with zero attached hydrogens (tertiary/aromatic N) is 1. The van der Waals surface area contributed by atoms with Gasteiger partial charge in [0.1, 0.15) is 12.4 Å². The smallest absolute Gasteiger partial charge is 0.120 e. The number of hydrogen-bond acceptors (Lipinski definition) is 3. The van der Waals surface area contributed by atoms with Gasteiger partial charge in [-0.25, -0.2) is 0 Å². The van der Waals surface area contributed by atoms with Crippen LogP contribution in [0.4, 0.5) is 0 Å². The molecule has 1 fully saturated rings. The van der Waals surface area contributed by atoms with Gasteiger partial charge in [0, 0.05) is 17.1 Å². The molecule has 1 heterocycles. The normalized spacial score (nSPS) is 18.2. The van der Waals surface area contributed by atoms with Crippen molar-refractivity contribution in [2.45, 2.75) is 32.2 Å². The van der Waals surface area contributed by atoms with Crippen molar-refractivity contribution in [2.24, 2.45) is 11.7 Å². The second kappa shape index (κ2) is 6.79. The maximum Gasteiger partial charge on any atom is 0.120 e. The van der Waals surface area contributed by atoms with Crippen LogP contribution in [0, 0.1) is 5.92 Å². The van der Waals surface area contributed by atoms with Crippen LogP contribution in [0.15, 0.2) is 24.3 Å². The van der Waals surface area contributed by atoms with Crippen LogP contribution >= 0.6 is 11.6 Å². The molecular formula is C16H25ClN2O. The summed E-state index contributed by atoms with van der Waals surface area (Å²) in [6.07, 6.45) is 2.36. The fourth-order valence-electron chi connectivity index (χ4n) is 2.75. The third kappa shape index (κ3) is 4.65. The largest absolute Gasteiger partial charge is 0.492 e. The highest BCUT2D eigenvalue weighted by Gasteiger charge is 2.28. The molecule has 2 N–H and O–H groups in total. The molecule has 0 radical (unpaired) electrons. The van der Waals surface area contributed by atoms with Gasteiger partial charge >= 0.3 is 0 Å². The molecule has 1 aliphatic rings. The molecule has 3 nitrogen and oxygen atoms in total. The molecule has 0 aliphatic carbocycles. The molecule has 1 aromatic rings. The SMILES string of the molecule is CC(C)(N)C1CCN(CCOc2cccc(Cl)c2)CC1. The van der Waals surface area contributed by atoms with Gasteiger partial charge in [0.2, 0.25) is 0 Å².